The van der Waals surface area contributed by atoms with Crippen molar-refractivity contribution >= 4 is 21.7 Å². The first-order chi connectivity index (χ1) is 12.9. The van der Waals surface area contributed by atoms with Crippen LogP contribution in [-0.4, -0.2) is 64.3 Å². The van der Waals surface area contributed by atoms with Gasteiger partial charge in [-0.05, 0) is 37.0 Å². The number of anilines is 1. The fraction of sp³-hybridized carbons (Fsp3) is 0.611. The predicted molar refractivity (Wildman–Crippen MR) is 101 cm³/mol. The lowest BCUT2D eigenvalue weighted by Gasteiger charge is -2.34. The van der Waals surface area contributed by atoms with Crippen LogP contribution >= 0.6 is 0 Å². The molecule has 1 aromatic rings. The minimum absolute atomic E-state index is 0.0836. The van der Waals surface area contributed by atoms with Gasteiger partial charge in [-0.25, -0.2) is 13.2 Å². The van der Waals surface area contributed by atoms with Crippen LogP contribution in [0.1, 0.15) is 25.3 Å². The number of benzene rings is 1. The van der Waals surface area contributed by atoms with Crippen molar-refractivity contribution < 1.29 is 22.7 Å². The van der Waals surface area contributed by atoms with Crippen molar-refractivity contribution in [2.45, 2.75) is 43.2 Å². The molecule has 150 valence electrons. The largest absolute Gasteiger partial charge is 0.381 e. The Bertz CT molecular complexity index is 771. The third-order valence-electron chi connectivity index (χ3n) is 5.08. The summed E-state index contributed by atoms with van der Waals surface area (Å²) in [7, 11) is -1.95. The second-order valence-electron chi connectivity index (χ2n) is 6.81. The molecule has 3 rings (SSSR count). The number of ether oxygens (including phenoxy) is 2. The van der Waals surface area contributed by atoms with Gasteiger partial charge in [0.05, 0.1) is 24.2 Å². The van der Waals surface area contributed by atoms with E-state index in [0.29, 0.717) is 38.4 Å². The Hall–Kier alpha value is -1.68. The third-order valence-corrected chi connectivity index (χ3v) is 6.98. The SMILES string of the molecule is CCc1ccc(S(=O)(=O)N2CCOCC2)cc1NC(=O)NC1CC(OC)C1. The van der Waals surface area contributed by atoms with Crippen molar-refractivity contribution in [2.24, 2.45) is 0 Å². The van der Waals surface area contributed by atoms with E-state index in [1.165, 1.54) is 4.31 Å². The lowest BCUT2D eigenvalue weighted by atomic mass is 9.89. The third kappa shape index (κ3) is 4.60. The van der Waals surface area contributed by atoms with Crippen LogP contribution < -0.4 is 10.6 Å². The molecule has 2 aliphatic rings. The van der Waals surface area contributed by atoms with E-state index in [1.54, 1.807) is 25.3 Å². The molecule has 8 nitrogen and oxygen atoms in total. The number of carbonyl (C=O) groups is 1. The van der Waals surface area contributed by atoms with E-state index < -0.39 is 10.0 Å². The molecule has 0 bridgehead atoms. The van der Waals surface area contributed by atoms with Crippen LogP contribution in [0, 0.1) is 0 Å². The summed E-state index contributed by atoms with van der Waals surface area (Å²) in [6.45, 7) is 3.42. The van der Waals surface area contributed by atoms with Crippen LogP contribution in [0.15, 0.2) is 23.1 Å². The monoisotopic (exact) mass is 397 g/mol. The molecule has 2 fully saturated rings. The number of hydrogen-bond acceptors (Lipinski definition) is 5. The number of nitrogens with zero attached hydrogens (tertiary/aromatic N) is 1. The van der Waals surface area contributed by atoms with Gasteiger partial charge in [-0.1, -0.05) is 13.0 Å². The summed E-state index contributed by atoms with van der Waals surface area (Å²) in [5.41, 5.74) is 1.40. The lowest BCUT2D eigenvalue weighted by Crippen LogP contribution is -2.48. The van der Waals surface area contributed by atoms with E-state index >= 15 is 0 Å². The van der Waals surface area contributed by atoms with E-state index in [4.69, 9.17) is 9.47 Å². The van der Waals surface area contributed by atoms with Gasteiger partial charge in [0.25, 0.3) is 0 Å². The number of morpholine rings is 1. The molecular weight excluding hydrogens is 370 g/mol. The molecule has 2 N–H and O–H groups in total. The van der Waals surface area contributed by atoms with Crippen molar-refractivity contribution in [3.05, 3.63) is 23.8 Å². The molecule has 1 heterocycles. The molecule has 1 aliphatic carbocycles. The van der Waals surface area contributed by atoms with Crippen molar-refractivity contribution in [1.29, 1.82) is 0 Å². The van der Waals surface area contributed by atoms with Crippen LogP contribution in [0.3, 0.4) is 0 Å². The van der Waals surface area contributed by atoms with Gasteiger partial charge in [-0.2, -0.15) is 4.31 Å². The van der Waals surface area contributed by atoms with Crippen molar-refractivity contribution in [3.8, 4) is 0 Å². The number of amides is 2. The Kier molecular flexibility index (Phi) is 6.36. The summed E-state index contributed by atoms with van der Waals surface area (Å²) in [6.07, 6.45) is 2.46. The molecular formula is C18H27N3O5S. The molecule has 0 aromatic heterocycles. The normalized spacial score (nSPS) is 23.5. The van der Waals surface area contributed by atoms with Crippen LogP contribution in [0.2, 0.25) is 0 Å². The molecule has 0 atom stereocenters. The first kappa shape index (κ1) is 20.1. The second-order valence-corrected chi connectivity index (χ2v) is 8.75. The highest BCUT2D eigenvalue weighted by molar-refractivity contribution is 7.89. The predicted octanol–water partition coefficient (Wildman–Crippen LogP) is 1.57. The maximum Gasteiger partial charge on any atom is 0.319 e. The van der Waals surface area contributed by atoms with Crippen molar-refractivity contribution in [1.82, 2.24) is 9.62 Å². The lowest BCUT2D eigenvalue weighted by molar-refractivity contribution is 0.0210. The number of urea groups is 1. The molecule has 1 aliphatic heterocycles. The average Bonchev–Trinajstić information content (AvgIpc) is 2.65. The summed E-state index contributed by atoms with van der Waals surface area (Å²) in [5, 5.41) is 5.71. The standard InChI is InChI=1S/C18H27N3O5S/c1-3-13-4-5-16(27(23,24)21-6-8-26-9-7-21)12-17(13)20-18(22)19-14-10-15(11-14)25-2/h4-5,12,14-15H,3,6-11H2,1-2H3,(H2,19,20,22). The number of aryl methyl sites for hydroxylation is 1. The van der Waals surface area contributed by atoms with E-state index in [0.717, 1.165) is 18.4 Å². The fourth-order valence-electron chi connectivity index (χ4n) is 3.30. The number of carbonyl (C=O) groups excluding carboxylic acids is 1. The Morgan fingerprint density at radius 3 is 2.63 bits per heavy atom. The van der Waals surface area contributed by atoms with Gasteiger partial charge in [0, 0.05) is 31.9 Å². The van der Waals surface area contributed by atoms with Crippen LogP contribution in [0.4, 0.5) is 10.5 Å². The summed E-state index contributed by atoms with van der Waals surface area (Å²) in [4.78, 5) is 12.5. The van der Waals surface area contributed by atoms with Gasteiger partial charge in [-0.3, -0.25) is 0 Å². The Morgan fingerprint density at radius 2 is 2.00 bits per heavy atom. The van der Waals surface area contributed by atoms with Gasteiger partial charge in [0.2, 0.25) is 10.0 Å². The van der Waals surface area contributed by atoms with Crippen molar-refractivity contribution in [2.75, 3.05) is 38.7 Å². The molecule has 0 spiro atoms. The van der Waals surface area contributed by atoms with E-state index in [2.05, 4.69) is 10.6 Å². The molecule has 0 unspecified atom stereocenters. The first-order valence-corrected chi connectivity index (χ1v) is 10.7. The quantitative estimate of drug-likeness (QED) is 0.759. The number of hydrogen-bond donors (Lipinski definition) is 2. The van der Waals surface area contributed by atoms with E-state index in [-0.39, 0.29) is 23.1 Å². The Labute approximate surface area is 160 Å². The molecule has 2 amide bonds. The van der Waals surface area contributed by atoms with Crippen LogP contribution in [-0.2, 0) is 25.9 Å². The molecule has 27 heavy (non-hydrogen) atoms. The van der Waals surface area contributed by atoms with Gasteiger partial charge in [-0.15, -0.1) is 0 Å². The number of sulfonamides is 1. The average molecular weight is 397 g/mol. The van der Waals surface area contributed by atoms with Crippen LogP contribution in [0.5, 0.6) is 0 Å². The number of rotatable bonds is 6. The van der Waals surface area contributed by atoms with Crippen LogP contribution in [0.25, 0.3) is 0 Å². The summed E-state index contributed by atoms with van der Waals surface area (Å²) in [5.74, 6) is 0. The summed E-state index contributed by atoms with van der Waals surface area (Å²) in [6, 6.07) is 4.65. The van der Waals surface area contributed by atoms with Gasteiger partial charge >= 0.3 is 6.03 Å². The first-order valence-electron chi connectivity index (χ1n) is 9.25. The molecule has 1 saturated heterocycles. The Balaban J connectivity index is 1.72. The molecule has 0 radical (unpaired) electrons. The number of methoxy groups -OCH3 is 1. The zero-order valence-electron chi connectivity index (χ0n) is 15.7. The zero-order chi connectivity index (χ0) is 19.4. The highest BCUT2D eigenvalue weighted by atomic mass is 32.2. The highest BCUT2D eigenvalue weighted by Gasteiger charge is 2.30. The Morgan fingerprint density at radius 1 is 1.30 bits per heavy atom. The maximum absolute atomic E-state index is 12.9. The molecule has 1 saturated carbocycles. The zero-order valence-corrected chi connectivity index (χ0v) is 16.5. The maximum atomic E-state index is 12.9. The van der Waals surface area contributed by atoms with Gasteiger partial charge in [0.1, 0.15) is 0 Å². The minimum atomic E-state index is -3.61. The van der Waals surface area contributed by atoms with Gasteiger partial charge in [0.15, 0.2) is 0 Å². The summed E-state index contributed by atoms with van der Waals surface area (Å²) >= 11 is 0. The fourth-order valence-corrected chi connectivity index (χ4v) is 4.73. The van der Waals surface area contributed by atoms with Gasteiger partial charge < -0.3 is 20.1 Å². The molecule has 1 aromatic carbocycles. The smallest absolute Gasteiger partial charge is 0.319 e. The minimum Gasteiger partial charge on any atom is -0.381 e. The second kappa shape index (κ2) is 8.55. The number of nitrogens with one attached hydrogen (secondary N) is 2. The summed E-state index contributed by atoms with van der Waals surface area (Å²) < 4.78 is 37.6. The van der Waals surface area contributed by atoms with E-state index in [9.17, 15) is 13.2 Å². The topological polar surface area (TPSA) is 97.0 Å². The van der Waals surface area contributed by atoms with Crippen molar-refractivity contribution in [3.63, 3.8) is 0 Å². The molecule has 9 heteroatoms. The van der Waals surface area contributed by atoms with E-state index in [1.807, 2.05) is 6.92 Å². The highest BCUT2D eigenvalue weighted by Crippen LogP contribution is 2.26.